The van der Waals surface area contributed by atoms with Crippen molar-refractivity contribution in [1.29, 1.82) is 0 Å². The molecule has 0 spiro atoms. The minimum absolute atomic E-state index is 0.0643. The van der Waals surface area contributed by atoms with Crippen LogP contribution in [-0.4, -0.2) is 31.5 Å². The third kappa shape index (κ3) is 3.21. The summed E-state index contributed by atoms with van der Waals surface area (Å²) in [5.74, 6) is 0.941. The Morgan fingerprint density at radius 2 is 1.41 bits per heavy atom. The number of aliphatic hydroxyl groups is 1. The highest BCUT2D eigenvalue weighted by Gasteiger charge is 2.08. The van der Waals surface area contributed by atoms with Crippen LogP contribution < -0.4 is 4.74 Å². The first-order valence-corrected chi connectivity index (χ1v) is 7.62. The summed E-state index contributed by atoms with van der Waals surface area (Å²) in [7, 11) is 0. The monoisotopic (exact) mass is 296 g/mol. The molecule has 0 aliphatic heterocycles. The first kappa shape index (κ1) is 14.8. The SMILES string of the molecule is OCCOCCCOc1c2ccccc2cc2ccccc12. The Kier molecular flexibility index (Phi) is 4.88. The number of fused-ring (bicyclic) bond motifs is 2. The van der Waals surface area contributed by atoms with Gasteiger partial charge in [-0.15, -0.1) is 0 Å². The molecule has 3 aromatic carbocycles. The Morgan fingerprint density at radius 3 is 2.05 bits per heavy atom. The Morgan fingerprint density at radius 1 is 0.773 bits per heavy atom. The maximum absolute atomic E-state index is 8.68. The van der Waals surface area contributed by atoms with Gasteiger partial charge >= 0.3 is 0 Å². The second-order valence-electron chi connectivity index (χ2n) is 5.19. The van der Waals surface area contributed by atoms with E-state index in [9.17, 15) is 0 Å². The standard InChI is InChI=1S/C19H20O3/c20-10-13-21-11-5-12-22-19-17-8-3-1-6-15(17)14-16-7-2-4-9-18(16)19/h1-4,6-9,14,20H,5,10-13H2. The lowest BCUT2D eigenvalue weighted by atomic mass is 10.0. The van der Waals surface area contributed by atoms with Gasteiger partial charge in [0, 0.05) is 23.8 Å². The van der Waals surface area contributed by atoms with E-state index in [1.54, 1.807) is 0 Å². The van der Waals surface area contributed by atoms with Crippen LogP contribution in [0.4, 0.5) is 0 Å². The van der Waals surface area contributed by atoms with Crippen LogP contribution in [0.1, 0.15) is 6.42 Å². The maximum atomic E-state index is 8.68. The van der Waals surface area contributed by atoms with Gasteiger partial charge in [0.2, 0.25) is 0 Å². The fourth-order valence-electron chi connectivity index (χ4n) is 2.63. The van der Waals surface area contributed by atoms with Gasteiger partial charge in [-0.25, -0.2) is 0 Å². The Balaban J connectivity index is 1.85. The van der Waals surface area contributed by atoms with Crippen molar-refractivity contribution < 1.29 is 14.6 Å². The van der Waals surface area contributed by atoms with E-state index in [0.29, 0.717) is 19.8 Å². The van der Waals surface area contributed by atoms with Gasteiger partial charge in [-0.3, -0.25) is 0 Å². The fraction of sp³-hybridized carbons (Fsp3) is 0.263. The van der Waals surface area contributed by atoms with Crippen LogP contribution in [0.2, 0.25) is 0 Å². The minimum Gasteiger partial charge on any atom is -0.492 e. The van der Waals surface area contributed by atoms with Gasteiger partial charge in [0.1, 0.15) is 5.75 Å². The lowest BCUT2D eigenvalue weighted by Crippen LogP contribution is -2.06. The van der Waals surface area contributed by atoms with Crippen LogP contribution >= 0.6 is 0 Å². The molecule has 114 valence electrons. The molecule has 3 aromatic rings. The molecule has 3 rings (SSSR count). The summed E-state index contributed by atoms with van der Waals surface area (Å²) in [6, 6.07) is 18.8. The Hall–Kier alpha value is -2.10. The minimum atomic E-state index is 0.0643. The van der Waals surface area contributed by atoms with E-state index in [-0.39, 0.29) is 6.61 Å². The summed E-state index contributed by atoms with van der Waals surface area (Å²) in [5.41, 5.74) is 0. The summed E-state index contributed by atoms with van der Waals surface area (Å²) in [4.78, 5) is 0. The predicted molar refractivity (Wildman–Crippen MR) is 89.5 cm³/mol. The molecule has 1 N–H and O–H groups in total. The largest absolute Gasteiger partial charge is 0.492 e. The highest BCUT2D eigenvalue weighted by Crippen LogP contribution is 2.34. The van der Waals surface area contributed by atoms with Crippen molar-refractivity contribution in [3.8, 4) is 5.75 Å². The number of hydrogen-bond donors (Lipinski definition) is 1. The van der Waals surface area contributed by atoms with Crippen LogP contribution in [-0.2, 0) is 4.74 Å². The second-order valence-corrected chi connectivity index (χ2v) is 5.19. The molecule has 0 unspecified atom stereocenters. The fourth-order valence-corrected chi connectivity index (χ4v) is 2.63. The van der Waals surface area contributed by atoms with Crippen LogP contribution in [0.15, 0.2) is 54.6 Å². The van der Waals surface area contributed by atoms with Crippen LogP contribution in [0.3, 0.4) is 0 Å². The van der Waals surface area contributed by atoms with E-state index in [1.165, 1.54) is 10.8 Å². The van der Waals surface area contributed by atoms with Gasteiger partial charge in [-0.05, 0) is 16.8 Å². The molecule has 0 aromatic heterocycles. The van der Waals surface area contributed by atoms with Crippen molar-refractivity contribution in [3.05, 3.63) is 54.6 Å². The second kappa shape index (κ2) is 7.25. The maximum Gasteiger partial charge on any atom is 0.134 e. The zero-order valence-corrected chi connectivity index (χ0v) is 12.5. The zero-order chi connectivity index (χ0) is 15.2. The number of hydrogen-bond acceptors (Lipinski definition) is 3. The van der Waals surface area contributed by atoms with Gasteiger partial charge < -0.3 is 14.6 Å². The van der Waals surface area contributed by atoms with E-state index in [4.69, 9.17) is 14.6 Å². The summed E-state index contributed by atoms with van der Waals surface area (Å²) in [6.45, 7) is 1.65. The summed E-state index contributed by atoms with van der Waals surface area (Å²) in [6.07, 6.45) is 0.803. The molecule has 3 nitrogen and oxygen atoms in total. The molecule has 0 aliphatic rings. The molecule has 0 saturated carbocycles. The van der Waals surface area contributed by atoms with Crippen LogP contribution in [0.25, 0.3) is 21.5 Å². The lowest BCUT2D eigenvalue weighted by Gasteiger charge is -2.13. The topological polar surface area (TPSA) is 38.7 Å². The summed E-state index contributed by atoms with van der Waals surface area (Å²) in [5, 5.41) is 13.3. The first-order valence-electron chi connectivity index (χ1n) is 7.62. The number of aliphatic hydroxyl groups excluding tert-OH is 1. The molecule has 0 amide bonds. The zero-order valence-electron chi connectivity index (χ0n) is 12.5. The molecular formula is C19H20O3. The van der Waals surface area contributed by atoms with E-state index >= 15 is 0 Å². The third-order valence-electron chi connectivity index (χ3n) is 3.64. The number of ether oxygens (including phenoxy) is 2. The molecule has 0 radical (unpaired) electrons. The van der Waals surface area contributed by atoms with Crippen molar-refractivity contribution >= 4 is 21.5 Å². The lowest BCUT2D eigenvalue weighted by molar-refractivity contribution is 0.0838. The van der Waals surface area contributed by atoms with Crippen molar-refractivity contribution in [2.24, 2.45) is 0 Å². The highest BCUT2D eigenvalue weighted by atomic mass is 16.5. The van der Waals surface area contributed by atoms with E-state index < -0.39 is 0 Å². The van der Waals surface area contributed by atoms with Crippen LogP contribution in [0.5, 0.6) is 5.75 Å². The molecule has 0 aliphatic carbocycles. The summed E-state index contributed by atoms with van der Waals surface area (Å²) < 4.78 is 11.3. The quantitative estimate of drug-likeness (QED) is 0.533. The number of rotatable bonds is 7. The van der Waals surface area contributed by atoms with Crippen molar-refractivity contribution in [2.45, 2.75) is 6.42 Å². The molecule has 22 heavy (non-hydrogen) atoms. The van der Waals surface area contributed by atoms with Crippen molar-refractivity contribution in [1.82, 2.24) is 0 Å². The first-order chi connectivity index (χ1) is 10.9. The van der Waals surface area contributed by atoms with E-state index in [1.807, 2.05) is 24.3 Å². The molecule has 0 bridgehead atoms. The predicted octanol–water partition coefficient (Wildman–Crippen LogP) is 3.77. The molecule has 3 heteroatoms. The molecular weight excluding hydrogens is 276 g/mol. The third-order valence-corrected chi connectivity index (χ3v) is 3.64. The van der Waals surface area contributed by atoms with Crippen molar-refractivity contribution in [2.75, 3.05) is 26.4 Å². The normalized spacial score (nSPS) is 11.1. The van der Waals surface area contributed by atoms with E-state index in [0.717, 1.165) is 22.9 Å². The van der Waals surface area contributed by atoms with Gasteiger partial charge in [-0.2, -0.15) is 0 Å². The Labute approximate surface area is 130 Å². The Bertz CT molecular complexity index is 698. The van der Waals surface area contributed by atoms with E-state index in [2.05, 4.69) is 30.3 Å². The molecule has 0 saturated heterocycles. The van der Waals surface area contributed by atoms with Gasteiger partial charge in [0.25, 0.3) is 0 Å². The van der Waals surface area contributed by atoms with Gasteiger partial charge in [-0.1, -0.05) is 48.5 Å². The highest BCUT2D eigenvalue weighted by molar-refractivity contribution is 6.05. The average molecular weight is 296 g/mol. The molecule has 0 atom stereocenters. The molecule has 0 heterocycles. The van der Waals surface area contributed by atoms with Crippen LogP contribution in [0, 0.1) is 0 Å². The number of benzene rings is 3. The van der Waals surface area contributed by atoms with Gasteiger partial charge in [0.15, 0.2) is 0 Å². The molecule has 0 fully saturated rings. The smallest absolute Gasteiger partial charge is 0.134 e. The summed E-state index contributed by atoms with van der Waals surface area (Å²) >= 11 is 0. The average Bonchev–Trinajstić information content (AvgIpc) is 2.57. The van der Waals surface area contributed by atoms with Gasteiger partial charge in [0.05, 0.1) is 19.8 Å². The van der Waals surface area contributed by atoms with Crippen molar-refractivity contribution in [3.63, 3.8) is 0 Å².